The van der Waals surface area contributed by atoms with Crippen molar-refractivity contribution in [3.8, 4) is 11.4 Å². The van der Waals surface area contributed by atoms with Crippen molar-refractivity contribution in [3.63, 3.8) is 0 Å². The number of ether oxygens (including phenoxy) is 2. The minimum atomic E-state index is -0.400. The third kappa shape index (κ3) is 7.13. The Bertz CT molecular complexity index is 1680. The third-order valence-corrected chi connectivity index (χ3v) is 9.40. The van der Waals surface area contributed by atoms with Crippen LogP contribution in [-0.2, 0) is 40.1 Å². The number of carbonyl (C=O) groups excluding carboxylic acids is 3. The van der Waals surface area contributed by atoms with Gasteiger partial charge in [0.05, 0.1) is 43.7 Å². The van der Waals surface area contributed by atoms with Crippen LogP contribution in [-0.4, -0.2) is 52.0 Å². The molecule has 2 amide bonds. The number of amides is 2. The molecule has 0 bridgehead atoms. The van der Waals surface area contributed by atoms with E-state index < -0.39 is 5.97 Å². The quantitative estimate of drug-likeness (QED) is 0.161. The molecule has 10 nitrogen and oxygen atoms in total. The van der Waals surface area contributed by atoms with Crippen molar-refractivity contribution < 1.29 is 23.9 Å². The fourth-order valence-electron chi connectivity index (χ4n) is 5.08. The summed E-state index contributed by atoms with van der Waals surface area (Å²) in [7, 11) is 1.60. The number of hydrogen-bond donors (Lipinski definition) is 2. The second-order valence-electron chi connectivity index (χ2n) is 10.4. The maximum absolute atomic E-state index is 13.2. The summed E-state index contributed by atoms with van der Waals surface area (Å²) in [5.74, 6) is 0.516. The molecule has 44 heavy (non-hydrogen) atoms. The van der Waals surface area contributed by atoms with E-state index in [0.717, 1.165) is 57.8 Å². The van der Waals surface area contributed by atoms with Crippen LogP contribution in [0, 0.1) is 13.8 Å². The highest BCUT2D eigenvalue weighted by atomic mass is 32.2. The van der Waals surface area contributed by atoms with Gasteiger partial charge in [0.15, 0.2) is 11.0 Å². The number of benzene rings is 2. The standard InChI is InChI=1S/C32H35N5O5S2/c1-5-42-31(40)29-23-7-6-8-25(23)44-30(29)34-28(39)18-43-32-36-35-26(37(32)24-15-19(2)9-10-20(24)3)17-33-27(38)16-21-11-13-22(41-4)14-12-21/h9-15H,5-8,16-18H2,1-4H3,(H,33,38)(H,34,39). The van der Waals surface area contributed by atoms with E-state index in [2.05, 4.69) is 20.8 Å². The Morgan fingerprint density at radius 1 is 1.05 bits per heavy atom. The predicted octanol–water partition coefficient (Wildman–Crippen LogP) is 5.21. The molecule has 4 aromatic rings. The van der Waals surface area contributed by atoms with E-state index in [0.29, 0.717) is 21.5 Å². The summed E-state index contributed by atoms with van der Waals surface area (Å²) >= 11 is 2.69. The topological polar surface area (TPSA) is 124 Å². The number of hydrogen-bond acceptors (Lipinski definition) is 9. The maximum atomic E-state index is 13.2. The minimum Gasteiger partial charge on any atom is -0.497 e. The van der Waals surface area contributed by atoms with Crippen LogP contribution < -0.4 is 15.4 Å². The molecule has 2 aromatic heterocycles. The van der Waals surface area contributed by atoms with Crippen molar-refractivity contribution in [3.05, 3.63) is 81.0 Å². The van der Waals surface area contributed by atoms with Gasteiger partial charge in [0.1, 0.15) is 10.8 Å². The van der Waals surface area contributed by atoms with E-state index in [9.17, 15) is 14.4 Å². The number of methoxy groups -OCH3 is 1. The molecule has 0 radical (unpaired) electrons. The number of anilines is 1. The first-order valence-electron chi connectivity index (χ1n) is 14.4. The van der Waals surface area contributed by atoms with Crippen LogP contribution in [0.1, 0.15) is 56.7 Å². The third-order valence-electron chi connectivity index (χ3n) is 7.26. The Balaban J connectivity index is 1.31. The molecule has 2 N–H and O–H groups in total. The van der Waals surface area contributed by atoms with Gasteiger partial charge in [0, 0.05) is 4.88 Å². The van der Waals surface area contributed by atoms with Crippen LogP contribution in [0.15, 0.2) is 47.6 Å². The molecule has 230 valence electrons. The van der Waals surface area contributed by atoms with Gasteiger partial charge in [-0.25, -0.2) is 4.79 Å². The van der Waals surface area contributed by atoms with Crippen LogP contribution >= 0.6 is 23.1 Å². The number of nitrogens with zero attached hydrogens (tertiary/aromatic N) is 3. The Morgan fingerprint density at radius 3 is 2.59 bits per heavy atom. The second kappa shape index (κ2) is 14.1. The SMILES string of the molecule is CCOC(=O)c1c(NC(=O)CSc2nnc(CNC(=O)Cc3ccc(OC)cc3)n2-c2cc(C)ccc2C)sc2c1CCC2. The lowest BCUT2D eigenvalue weighted by molar-refractivity contribution is -0.120. The molecule has 2 heterocycles. The number of nitrogens with one attached hydrogen (secondary N) is 2. The van der Waals surface area contributed by atoms with E-state index in [1.807, 2.05) is 60.9 Å². The summed E-state index contributed by atoms with van der Waals surface area (Å²) in [6.45, 7) is 6.20. The van der Waals surface area contributed by atoms with Gasteiger partial charge in [-0.1, -0.05) is 36.0 Å². The van der Waals surface area contributed by atoms with Crippen molar-refractivity contribution in [2.24, 2.45) is 0 Å². The number of aryl methyl sites for hydroxylation is 3. The van der Waals surface area contributed by atoms with E-state index in [-0.39, 0.29) is 37.1 Å². The largest absolute Gasteiger partial charge is 0.497 e. The zero-order valence-corrected chi connectivity index (χ0v) is 26.8. The van der Waals surface area contributed by atoms with Gasteiger partial charge in [-0.2, -0.15) is 0 Å². The molecule has 0 unspecified atom stereocenters. The Labute approximate surface area is 264 Å². The van der Waals surface area contributed by atoms with Crippen LogP contribution in [0.3, 0.4) is 0 Å². The molecule has 0 aliphatic heterocycles. The van der Waals surface area contributed by atoms with Gasteiger partial charge in [0.2, 0.25) is 11.8 Å². The molecule has 5 rings (SSSR count). The van der Waals surface area contributed by atoms with E-state index in [4.69, 9.17) is 9.47 Å². The van der Waals surface area contributed by atoms with Crippen LogP contribution in [0.5, 0.6) is 5.75 Å². The molecule has 0 saturated carbocycles. The van der Waals surface area contributed by atoms with Gasteiger partial charge >= 0.3 is 5.97 Å². The number of carbonyl (C=O) groups is 3. The lowest BCUT2D eigenvalue weighted by Crippen LogP contribution is -2.26. The highest BCUT2D eigenvalue weighted by Gasteiger charge is 2.28. The Kier molecular flexibility index (Phi) is 10.0. The summed E-state index contributed by atoms with van der Waals surface area (Å²) in [5, 5.41) is 15.7. The summed E-state index contributed by atoms with van der Waals surface area (Å²) in [6.07, 6.45) is 2.91. The summed E-state index contributed by atoms with van der Waals surface area (Å²) < 4.78 is 12.4. The number of thiophene rings is 1. The van der Waals surface area contributed by atoms with Gasteiger partial charge in [-0.05, 0) is 80.5 Å². The van der Waals surface area contributed by atoms with Gasteiger partial charge in [0.25, 0.3) is 0 Å². The molecule has 1 aliphatic carbocycles. The molecule has 0 saturated heterocycles. The predicted molar refractivity (Wildman–Crippen MR) is 171 cm³/mol. The second-order valence-corrected chi connectivity index (χ2v) is 12.5. The first-order valence-corrected chi connectivity index (χ1v) is 16.2. The van der Waals surface area contributed by atoms with E-state index in [1.165, 1.54) is 23.1 Å². The summed E-state index contributed by atoms with van der Waals surface area (Å²) in [4.78, 5) is 39.8. The molecular weight excluding hydrogens is 599 g/mol. The fraction of sp³-hybridized carbons (Fsp3) is 0.344. The average molecular weight is 634 g/mol. The number of fused-ring (bicyclic) bond motifs is 1. The first kappa shape index (κ1) is 31.3. The Hall–Kier alpha value is -4.16. The van der Waals surface area contributed by atoms with Crippen molar-refractivity contribution in [1.29, 1.82) is 0 Å². The van der Waals surface area contributed by atoms with Crippen molar-refractivity contribution in [2.75, 3.05) is 24.8 Å². The number of esters is 1. The highest BCUT2D eigenvalue weighted by molar-refractivity contribution is 7.99. The minimum absolute atomic E-state index is 0.0532. The maximum Gasteiger partial charge on any atom is 0.341 e. The molecule has 0 atom stereocenters. The number of thioether (sulfide) groups is 1. The number of aromatic nitrogens is 3. The molecule has 0 fully saturated rings. The lowest BCUT2D eigenvalue weighted by atomic mass is 10.1. The molecular formula is C32H35N5O5S2. The van der Waals surface area contributed by atoms with Gasteiger partial charge in [-0.15, -0.1) is 21.5 Å². The van der Waals surface area contributed by atoms with E-state index in [1.54, 1.807) is 14.0 Å². The molecule has 12 heteroatoms. The fourth-order valence-corrected chi connectivity index (χ4v) is 7.14. The summed E-state index contributed by atoms with van der Waals surface area (Å²) in [6, 6.07) is 13.4. The smallest absolute Gasteiger partial charge is 0.341 e. The Morgan fingerprint density at radius 2 is 1.84 bits per heavy atom. The normalized spacial score (nSPS) is 12.1. The van der Waals surface area contributed by atoms with Crippen molar-refractivity contribution in [1.82, 2.24) is 20.1 Å². The zero-order valence-electron chi connectivity index (χ0n) is 25.2. The van der Waals surface area contributed by atoms with Crippen molar-refractivity contribution >= 4 is 45.9 Å². The van der Waals surface area contributed by atoms with Gasteiger partial charge < -0.3 is 20.1 Å². The van der Waals surface area contributed by atoms with Crippen LogP contribution in [0.4, 0.5) is 5.00 Å². The lowest BCUT2D eigenvalue weighted by Gasteiger charge is -2.14. The summed E-state index contributed by atoms with van der Waals surface area (Å²) in [5.41, 5.74) is 5.26. The number of rotatable bonds is 12. The van der Waals surface area contributed by atoms with Crippen LogP contribution in [0.2, 0.25) is 0 Å². The zero-order chi connectivity index (χ0) is 31.2. The first-order chi connectivity index (χ1) is 21.3. The molecule has 0 spiro atoms. The molecule has 2 aromatic carbocycles. The van der Waals surface area contributed by atoms with E-state index >= 15 is 0 Å². The molecule has 1 aliphatic rings. The van der Waals surface area contributed by atoms with Crippen LogP contribution in [0.25, 0.3) is 5.69 Å². The van der Waals surface area contributed by atoms with Gasteiger partial charge in [-0.3, -0.25) is 14.2 Å². The van der Waals surface area contributed by atoms with Crippen molar-refractivity contribution in [2.45, 2.75) is 58.2 Å². The highest BCUT2D eigenvalue weighted by Crippen LogP contribution is 2.39. The average Bonchev–Trinajstić information content (AvgIpc) is 3.71. The monoisotopic (exact) mass is 633 g/mol.